The standard InChI is InChI=1S/C21H21NO4S/c1-2-27(24,25)20-10-6-5-9-19(20)21(23)22-13-14-26-18-12-11-16-7-3-4-8-17(16)15-18/h3-12,15H,2,13-14H2,1H3,(H,22,23). The summed E-state index contributed by atoms with van der Waals surface area (Å²) in [5, 5.41) is 4.93. The molecule has 1 N–H and O–H groups in total. The third-order valence-electron chi connectivity index (χ3n) is 4.22. The van der Waals surface area contributed by atoms with Crippen LogP contribution in [0.1, 0.15) is 17.3 Å². The first kappa shape index (κ1) is 18.9. The van der Waals surface area contributed by atoms with Crippen molar-refractivity contribution in [3.8, 4) is 5.75 Å². The average Bonchev–Trinajstić information content (AvgIpc) is 2.71. The molecule has 0 unspecified atom stereocenters. The second-order valence-corrected chi connectivity index (χ2v) is 8.26. The topological polar surface area (TPSA) is 72.5 Å². The largest absolute Gasteiger partial charge is 0.492 e. The molecular formula is C21H21NO4S. The number of carbonyl (C=O) groups excluding carboxylic acids is 1. The number of fused-ring (bicyclic) bond motifs is 1. The van der Waals surface area contributed by atoms with Crippen molar-refractivity contribution in [2.75, 3.05) is 18.9 Å². The molecule has 3 aromatic carbocycles. The first-order valence-electron chi connectivity index (χ1n) is 8.73. The zero-order chi connectivity index (χ0) is 19.3. The monoisotopic (exact) mass is 383 g/mol. The number of carbonyl (C=O) groups is 1. The predicted molar refractivity (Wildman–Crippen MR) is 106 cm³/mol. The molecule has 0 radical (unpaired) electrons. The summed E-state index contributed by atoms with van der Waals surface area (Å²) in [4.78, 5) is 12.4. The molecule has 0 aromatic heterocycles. The minimum atomic E-state index is -3.46. The zero-order valence-electron chi connectivity index (χ0n) is 15.0. The van der Waals surface area contributed by atoms with Crippen molar-refractivity contribution in [2.24, 2.45) is 0 Å². The van der Waals surface area contributed by atoms with E-state index in [1.54, 1.807) is 19.1 Å². The molecule has 0 fully saturated rings. The molecule has 0 saturated heterocycles. The SMILES string of the molecule is CCS(=O)(=O)c1ccccc1C(=O)NCCOc1ccc2ccccc2c1. The van der Waals surface area contributed by atoms with E-state index < -0.39 is 15.7 Å². The molecule has 3 aromatic rings. The van der Waals surface area contributed by atoms with Gasteiger partial charge in [0.1, 0.15) is 12.4 Å². The van der Waals surface area contributed by atoms with Crippen molar-refractivity contribution in [1.29, 1.82) is 0 Å². The van der Waals surface area contributed by atoms with E-state index in [4.69, 9.17) is 4.74 Å². The second-order valence-electron chi connectivity index (χ2n) is 6.01. The Balaban J connectivity index is 1.60. The zero-order valence-corrected chi connectivity index (χ0v) is 15.8. The summed E-state index contributed by atoms with van der Waals surface area (Å²) in [5.74, 6) is 0.240. The van der Waals surface area contributed by atoms with Crippen LogP contribution in [-0.4, -0.2) is 33.2 Å². The maximum Gasteiger partial charge on any atom is 0.252 e. The molecule has 27 heavy (non-hydrogen) atoms. The molecule has 0 spiro atoms. The molecule has 140 valence electrons. The Bertz CT molecular complexity index is 1060. The van der Waals surface area contributed by atoms with E-state index in [9.17, 15) is 13.2 Å². The number of hydrogen-bond donors (Lipinski definition) is 1. The molecule has 0 aliphatic carbocycles. The Morgan fingerprint density at radius 2 is 1.67 bits per heavy atom. The van der Waals surface area contributed by atoms with Gasteiger partial charge in [0.05, 0.1) is 22.8 Å². The van der Waals surface area contributed by atoms with E-state index in [1.807, 2.05) is 42.5 Å². The molecule has 0 atom stereocenters. The van der Waals surface area contributed by atoms with Gasteiger partial charge in [0.15, 0.2) is 9.84 Å². The van der Waals surface area contributed by atoms with Crippen LogP contribution < -0.4 is 10.1 Å². The van der Waals surface area contributed by atoms with Crippen molar-refractivity contribution in [2.45, 2.75) is 11.8 Å². The predicted octanol–water partition coefficient (Wildman–Crippen LogP) is 3.44. The van der Waals surface area contributed by atoms with Crippen molar-refractivity contribution >= 4 is 26.5 Å². The highest BCUT2D eigenvalue weighted by molar-refractivity contribution is 7.91. The summed E-state index contributed by atoms with van der Waals surface area (Å²) in [7, 11) is -3.46. The summed E-state index contributed by atoms with van der Waals surface area (Å²) in [6.45, 7) is 2.11. The summed E-state index contributed by atoms with van der Waals surface area (Å²) in [5.41, 5.74) is 0.157. The number of amides is 1. The summed E-state index contributed by atoms with van der Waals surface area (Å²) in [6, 6.07) is 20.0. The normalized spacial score (nSPS) is 11.3. The lowest BCUT2D eigenvalue weighted by Gasteiger charge is -2.11. The van der Waals surface area contributed by atoms with Gasteiger partial charge in [-0.3, -0.25) is 4.79 Å². The summed E-state index contributed by atoms with van der Waals surface area (Å²) < 4.78 is 30.0. The van der Waals surface area contributed by atoms with Crippen LogP contribution in [0.25, 0.3) is 10.8 Å². The van der Waals surface area contributed by atoms with Crippen LogP contribution in [0.3, 0.4) is 0 Å². The van der Waals surface area contributed by atoms with Gasteiger partial charge in [-0.05, 0) is 35.0 Å². The lowest BCUT2D eigenvalue weighted by molar-refractivity contribution is 0.0943. The fourth-order valence-electron chi connectivity index (χ4n) is 2.77. The molecule has 3 rings (SSSR count). The van der Waals surface area contributed by atoms with Crippen LogP contribution in [0, 0.1) is 0 Å². The Morgan fingerprint density at radius 3 is 2.44 bits per heavy atom. The summed E-state index contributed by atoms with van der Waals surface area (Å²) in [6.07, 6.45) is 0. The van der Waals surface area contributed by atoms with Gasteiger partial charge in [-0.15, -0.1) is 0 Å². The van der Waals surface area contributed by atoms with Crippen molar-refractivity contribution in [3.05, 3.63) is 72.3 Å². The lowest BCUT2D eigenvalue weighted by Crippen LogP contribution is -2.29. The van der Waals surface area contributed by atoms with Crippen LogP contribution in [-0.2, 0) is 9.84 Å². The quantitative estimate of drug-likeness (QED) is 0.635. The highest BCUT2D eigenvalue weighted by atomic mass is 32.2. The highest BCUT2D eigenvalue weighted by Gasteiger charge is 2.20. The fourth-order valence-corrected chi connectivity index (χ4v) is 3.86. The molecule has 0 aliphatic heterocycles. The summed E-state index contributed by atoms with van der Waals surface area (Å²) >= 11 is 0. The Hall–Kier alpha value is -2.86. The van der Waals surface area contributed by atoms with Gasteiger partial charge in [-0.25, -0.2) is 8.42 Å². The maximum absolute atomic E-state index is 12.4. The number of benzene rings is 3. The van der Waals surface area contributed by atoms with E-state index in [2.05, 4.69) is 5.32 Å². The number of rotatable bonds is 7. The van der Waals surface area contributed by atoms with Gasteiger partial charge >= 0.3 is 0 Å². The smallest absolute Gasteiger partial charge is 0.252 e. The highest BCUT2D eigenvalue weighted by Crippen LogP contribution is 2.20. The minimum Gasteiger partial charge on any atom is -0.492 e. The van der Waals surface area contributed by atoms with Crippen molar-refractivity contribution in [3.63, 3.8) is 0 Å². The first-order chi connectivity index (χ1) is 13.0. The van der Waals surface area contributed by atoms with E-state index in [-0.39, 0.29) is 29.4 Å². The van der Waals surface area contributed by atoms with Crippen molar-refractivity contribution in [1.82, 2.24) is 5.32 Å². The molecule has 0 heterocycles. The third kappa shape index (κ3) is 4.46. The molecule has 0 saturated carbocycles. The number of hydrogen-bond acceptors (Lipinski definition) is 4. The van der Waals surface area contributed by atoms with E-state index in [0.717, 1.165) is 16.5 Å². The van der Waals surface area contributed by atoms with Crippen LogP contribution in [0.15, 0.2) is 71.6 Å². The minimum absolute atomic E-state index is 0.0532. The van der Waals surface area contributed by atoms with Crippen LogP contribution in [0.5, 0.6) is 5.75 Å². The van der Waals surface area contributed by atoms with Crippen LogP contribution >= 0.6 is 0 Å². The third-order valence-corrected chi connectivity index (χ3v) is 6.01. The second kappa shape index (κ2) is 8.22. The maximum atomic E-state index is 12.4. The lowest BCUT2D eigenvalue weighted by atomic mass is 10.1. The molecule has 0 bridgehead atoms. The molecular weight excluding hydrogens is 362 g/mol. The van der Waals surface area contributed by atoms with Gasteiger partial charge in [-0.1, -0.05) is 49.4 Å². The molecule has 0 aliphatic rings. The average molecular weight is 383 g/mol. The number of nitrogens with one attached hydrogen (secondary N) is 1. The van der Waals surface area contributed by atoms with Gasteiger partial charge in [0.2, 0.25) is 0 Å². The van der Waals surface area contributed by atoms with Gasteiger partial charge in [0, 0.05) is 0 Å². The van der Waals surface area contributed by atoms with Crippen LogP contribution in [0.4, 0.5) is 0 Å². The van der Waals surface area contributed by atoms with Gasteiger partial charge in [0.25, 0.3) is 5.91 Å². The van der Waals surface area contributed by atoms with E-state index in [1.165, 1.54) is 12.1 Å². The number of ether oxygens (including phenoxy) is 1. The molecule has 5 nitrogen and oxygen atoms in total. The number of sulfone groups is 1. The Labute approximate surface area is 158 Å². The van der Waals surface area contributed by atoms with Gasteiger partial charge in [-0.2, -0.15) is 0 Å². The first-order valence-corrected chi connectivity index (χ1v) is 10.4. The van der Waals surface area contributed by atoms with E-state index >= 15 is 0 Å². The van der Waals surface area contributed by atoms with Crippen LogP contribution in [0.2, 0.25) is 0 Å². The molecule has 1 amide bonds. The van der Waals surface area contributed by atoms with Gasteiger partial charge < -0.3 is 10.1 Å². The fraction of sp³-hybridized carbons (Fsp3) is 0.190. The van der Waals surface area contributed by atoms with E-state index in [0.29, 0.717) is 0 Å². The molecule has 6 heteroatoms. The Kier molecular flexibility index (Phi) is 5.76. The Morgan fingerprint density at radius 1 is 0.963 bits per heavy atom. The van der Waals surface area contributed by atoms with Crippen molar-refractivity contribution < 1.29 is 17.9 Å².